The number of hydrogen-bond donors (Lipinski definition) is 1. The van der Waals surface area contributed by atoms with Crippen molar-refractivity contribution in [2.75, 3.05) is 5.32 Å². The molecule has 2 aromatic carbocycles. The molecule has 0 aliphatic heterocycles. The van der Waals surface area contributed by atoms with Crippen LogP contribution in [0.25, 0.3) is 0 Å². The normalized spacial score (nSPS) is 11.0. The fourth-order valence-electron chi connectivity index (χ4n) is 1.80. The van der Waals surface area contributed by atoms with Crippen LogP contribution in [0.5, 0.6) is 5.75 Å². The van der Waals surface area contributed by atoms with Crippen LogP contribution < -0.4 is 10.1 Å². The minimum Gasteiger partial charge on any atom is -0.489 e. The summed E-state index contributed by atoms with van der Waals surface area (Å²) in [7, 11) is 0. The van der Waals surface area contributed by atoms with Crippen molar-refractivity contribution in [3.63, 3.8) is 0 Å². The van der Waals surface area contributed by atoms with E-state index >= 15 is 0 Å². The Morgan fingerprint density at radius 1 is 1.04 bits per heavy atom. The Morgan fingerprint density at radius 2 is 1.65 bits per heavy atom. The number of benzene rings is 2. The highest BCUT2D eigenvalue weighted by molar-refractivity contribution is 9.10. The molecule has 2 rings (SSSR count). The molecular weight excluding hydrogens is 358 g/mol. The van der Waals surface area contributed by atoms with Crippen molar-refractivity contribution in [3.05, 3.63) is 58.6 Å². The van der Waals surface area contributed by atoms with Crippen LogP contribution in [0.15, 0.2) is 53.0 Å². The molecule has 122 valence electrons. The molecule has 23 heavy (non-hydrogen) atoms. The Labute approximate surface area is 144 Å². The molecule has 2 aromatic rings. The number of nitrogens with one attached hydrogen (secondary N) is 1. The van der Waals surface area contributed by atoms with Gasteiger partial charge in [0.25, 0.3) is 0 Å². The summed E-state index contributed by atoms with van der Waals surface area (Å²) in [5.41, 5.74) is 1.23. The van der Waals surface area contributed by atoms with Gasteiger partial charge in [-0.1, -0.05) is 28.1 Å². The molecule has 0 heterocycles. The van der Waals surface area contributed by atoms with Gasteiger partial charge < -0.3 is 9.47 Å². The molecule has 0 aromatic heterocycles. The molecule has 5 heteroatoms. The van der Waals surface area contributed by atoms with Gasteiger partial charge in [0.2, 0.25) is 0 Å². The SMILES string of the molecule is CC(C)(C)OC(=O)Nc1ccc(OCc2ccc(Br)cc2)cc1. The zero-order valence-corrected chi connectivity index (χ0v) is 15.0. The highest BCUT2D eigenvalue weighted by Crippen LogP contribution is 2.19. The van der Waals surface area contributed by atoms with Crippen molar-refractivity contribution in [1.82, 2.24) is 0 Å². The molecule has 1 amide bonds. The molecule has 0 fully saturated rings. The van der Waals surface area contributed by atoms with Crippen molar-refractivity contribution in [2.24, 2.45) is 0 Å². The third kappa shape index (κ3) is 6.32. The van der Waals surface area contributed by atoms with Gasteiger partial charge in [-0.05, 0) is 62.7 Å². The number of ether oxygens (including phenoxy) is 2. The number of anilines is 1. The molecule has 4 nitrogen and oxygen atoms in total. The summed E-state index contributed by atoms with van der Waals surface area (Å²) in [6.07, 6.45) is -0.471. The van der Waals surface area contributed by atoms with Crippen molar-refractivity contribution in [3.8, 4) is 5.75 Å². The molecule has 0 aliphatic rings. The number of amides is 1. The predicted molar refractivity (Wildman–Crippen MR) is 94.8 cm³/mol. The summed E-state index contributed by atoms with van der Waals surface area (Å²) in [4.78, 5) is 11.7. The van der Waals surface area contributed by atoms with Crippen LogP contribution >= 0.6 is 15.9 Å². The largest absolute Gasteiger partial charge is 0.489 e. The van der Waals surface area contributed by atoms with Crippen LogP contribution in [0.3, 0.4) is 0 Å². The second-order valence-electron chi connectivity index (χ2n) is 6.07. The highest BCUT2D eigenvalue weighted by atomic mass is 79.9. The van der Waals surface area contributed by atoms with E-state index in [1.54, 1.807) is 12.1 Å². The second kappa shape index (κ2) is 7.51. The average Bonchev–Trinajstić information content (AvgIpc) is 2.46. The predicted octanol–water partition coefficient (Wildman–Crippen LogP) is 5.38. The van der Waals surface area contributed by atoms with Crippen LogP contribution in [0.2, 0.25) is 0 Å². The first-order valence-electron chi connectivity index (χ1n) is 7.29. The Balaban J connectivity index is 1.87. The van der Waals surface area contributed by atoms with Crippen LogP contribution in [0, 0.1) is 0 Å². The molecule has 0 saturated heterocycles. The summed E-state index contributed by atoms with van der Waals surface area (Å²) < 4.78 is 12.0. The van der Waals surface area contributed by atoms with Gasteiger partial charge in [-0.2, -0.15) is 0 Å². The lowest BCUT2D eigenvalue weighted by atomic mass is 10.2. The number of carbonyl (C=O) groups is 1. The summed E-state index contributed by atoms with van der Waals surface area (Å²) in [6.45, 7) is 5.97. The van der Waals surface area contributed by atoms with Gasteiger partial charge in [-0.3, -0.25) is 5.32 Å². The number of halogens is 1. The molecule has 0 radical (unpaired) electrons. The fourth-order valence-corrected chi connectivity index (χ4v) is 2.07. The monoisotopic (exact) mass is 377 g/mol. The van der Waals surface area contributed by atoms with E-state index in [2.05, 4.69) is 21.2 Å². The number of carbonyl (C=O) groups excluding carboxylic acids is 1. The standard InChI is InChI=1S/C18H20BrNO3/c1-18(2,3)23-17(21)20-15-8-10-16(11-9-15)22-12-13-4-6-14(19)7-5-13/h4-11H,12H2,1-3H3,(H,20,21). The van der Waals surface area contributed by atoms with Gasteiger partial charge in [-0.15, -0.1) is 0 Å². The van der Waals surface area contributed by atoms with E-state index in [0.29, 0.717) is 12.3 Å². The molecular formula is C18H20BrNO3. The third-order valence-electron chi connectivity index (χ3n) is 2.82. The first-order chi connectivity index (χ1) is 10.8. The molecule has 0 atom stereocenters. The Hall–Kier alpha value is -2.01. The quantitative estimate of drug-likeness (QED) is 0.778. The van der Waals surface area contributed by atoms with E-state index in [4.69, 9.17) is 9.47 Å². The smallest absolute Gasteiger partial charge is 0.412 e. The minimum absolute atomic E-state index is 0.471. The second-order valence-corrected chi connectivity index (χ2v) is 6.98. The van der Waals surface area contributed by atoms with Gasteiger partial charge >= 0.3 is 6.09 Å². The maximum Gasteiger partial charge on any atom is 0.412 e. The highest BCUT2D eigenvalue weighted by Gasteiger charge is 2.16. The third-order valence-corrected chi connectivity index (χ3v) is 3.35. The van der Waals surface area contributed by atoms with Crippen LogP contribution in [0.4, 0.5) is 10.5 Å². The Kier molecular flexibility index (Phi) is 5.66. The maximum atomic E-state index is 11.7. The summed E-state index contributed by atoms with van der Waals surface area (Å²) >= 11 is 3.40. The lowest BCUT2D eigenvalue weighted by Gasteiger charge is -2.19. The first-order valence-corrected chi connectivity index (χ1v) is 8.08. The zero-order valence-electron chi connectivity index (χ0n) is 13.4. The Morgan fingerprint density at radius 3 is 2.22 bits per heavy atom. The molecule has 0 spiro atoms. The fraction of sp³-hybridized carbons (Fsp3) is 0.278. The molecule has 1 N–H and O–H groups in total. The van der Waals surface area contributed by atoms with Gasteiger partial charge in [0.15, 0.2) is 0 Å². The number of hydrogen-bond acceptors (Lipinski definition) is 3. The lowest BCUT2D eigenvalue weighted by Crippen LogP contribution is -2.27. The van der Waals surface area contributed by atoms with Gasteiger partial charge in [0.1, 0.15) is 18.0 Å². The topological polar surface area (TPSA) is 47.6 Å². The van der Waals surface area contributed by atoms with Crippen molar-refractivity contribution in [2.45, 2.75) is 33.0 Å². The molecule has 0 unspecified atom stereocenters. The molecule has 0 saturated carbocycles. The molecule has 0 aliphatic carbocycles. The first kappa shape index (κ1) is 17.3. The van der Waals surface area contributed by atoms with Crippen LogP contribution in [0.1, 0.15) is 26.3 Å². The van der Waals surface area contributed by atoms with Gasteiger partial charge in [0, 0.05) is 10.2 Å². The van der Waals surface area contributed by atoms with E-state index in [9.17, 15) is 4.79 Å². The summed E-state index contributed by atoms with van der Waals surface area (Å²) in [6, 6.07) is 15.1. The summed E-state index contributed by atoms with van der Waals surface area (Å²) in [5.74, 6) is 0.739. The molecule has 0 bridgehead atoms. The lowest BCUT2D eigenvalue weighted by molar-refractivity contribution is 0.0636. The van der Waals surface area contributed by atoms with Crippen molar-refractivity contribution >= 4 is 27.7 Å². The van der Waals surface area contributed by atoms with Crippen molar-refractivity contribution in [1.29, 1.82) is 0 Å². The minimum atomic E-state index is -0.516. The zero-order chi connectivity index (χ0) is 16.9. The van der Waals surface area contributed by atoms with Gasteiger partial charge in [-0.25, -0.2) is 4.79 Å². The van der Waals surface area contributed by atoms with Crippen molar-refractivity contribution < 1.29 is 14.3 Å². The van der Waals surface area contributed by atoms with Crippen LogP contribution in [-0.4, -0.2) is 11.7 Å². The van der Waals surface area contributed by atoms with E-state index in [0.717, 1.165) is 15.8 Å². The number of rotatable bonds is 4. The average molecular weight is 378 g/mol. The summed E-state index contributed by atoms with van der Waals surface area (Å²) in [5, 5.41) is 2.68. The van der Waals surface area contributed by atoms with Crippen LogP contribution in [-0.2, 0) is 11.3 Å². The van der Waals surface area contributed by atoms with E-state index in [1.165, 1.54) is 0 Å². The maximum absolute atomic E-state index is 11.7. The van der Waals surface area contributed by atoms with E-state index in [1.807, 2.05) is 57.2 Å². The van der Waals surface area contributed by atoms with E-state index in [-0.39, 0.29) is 0 Å². The van der Waals surface area contributed by atoms with Gasteiger partial charge in [0.05, 0.1) is 0 Å². The Bertz CT molecular complexity index is 645. The van der Waals surface area contributed by atoms with E-state index < -0.39 is 11.7 Å².